The van der Waals surface area contributed by atoms with Crippen LogP contribution in [0.25, 0.3) is 0 Å². The van der Waals surface area contributed by atoms with Crippen molar-refractivity contribution in [2.45, 2.75) is 39.1 Å². The summed E-state index contributed by atoms with van der Waals surface area (Å²) in [5.41, 5.74) is 2.34. The van der Waals surface area contributed by atoms with Crippen molar-refractivity contribution < 1.29 is 4.74 Å². The number of nitrogens with one attached hydrogen (secondary N) is 2. The molecule has 0 radical (unpaired) electrons. The lowest BCUT2D eigenvalue weighted by Crippen LogP contribution is -2.21. The SMILES string of the molecule is CCn1nccc1CNCc1ccncc1O[C@H]1CCNC1. The van der Waals surface area contributed by atoms with Gasteiger partial charge in [-0.3, -0.25) is 9.67 Å². The van der Waals surface area contributed by atoms with Gasteiger partial charge < -0.3 is 15.4 Å². The first-order valence-corrected chi connectivity index (χ1v) is 7.88. The summed E-state index contributed by atoms with van der Waals surface area (Å²) in [4.78, 5) is 4.19. The van der Waals surface area contributed by atoms with E-state index in [0.29, 0.717) is 0 Å². The zero-order valence-electron chi connectivity index (χ0n) is 13.0. The molecule has 6 nitrogen and oxygen atoms in total. The molecule has 6 heteroatoms. The average molecular weight is 301 g/mol. The fourth-order valence-electron chi connectivity index (χ4n) is 2.69. The third kappa shape index (κ3) is 3.64. The molecule has 3 rings (SSSR count). The highest BCUT2D eigenvalue weighted by atomic mass is 16.5. The van der Waals surface area contributed by atoms with Crippen molar-refractivity contribution in [1.29, 1.82) is 0 Å². The van der Waals surface area contributed by atoms with Crippen LogP contribution in [0.4, 0.5) is 0 Å². The van der Waals surface area contributed by atoms with Gasteiger partial charge in [-0.1, -0.05) is 0 Å². The monoisotopic (exact) mass is 301 g/mol. The molecule has 1 fully saturated rings. The molecule has 1 saturated heterocycles. The van der Waals surface area contributed by atoms with Crippen molar-refractivity contribution in [2.75, 3.05) is 13.1 Å². The molecule has 1 aliphatic rings. The Morgan fingerprint density at radius 1 is 1.36 bits per heavy atom. The van der Waals surface area contributed by atoms with Gasteiger partial charge in [0.15, 0.2) is 0 Å². The van der Waals surface area contributed by atoms with E-state index < -0.39 is 0 Å². The van der Waals surface area contributed by atoms with Crippen LogP contribution in [-0.2, 0) is 19.6 Å². The number of hydrogen-bond donors (Lipinski definition) is 2. The maximum Gasteiger partial charge on any atom is 0.142 e. The summed E-state index contributed by atoms with van der Waals surface area (Å²) in [5, 5.41) is 11.1. The van der Waals surface area contributed by atoms with Crippen molar-refractivity contribution in [3.8, 4) is 5.75 Å². The van der Waals surface area contributed by atoms with Gasteiger partial charge in [0.2, 0.25) is 0 Å². The Morgan fingerprint density at radius 3 is 3.14 bits per heavy atom. The number of hydrogen-bond acceptors (Lipinski definition) is 5. The molecule has 0 spiro atoms. The lowest BCUT2D eigenvalue weighted by molar-refractivity contribution is 0.219. The lowest BCUT2D eigenvalue weighted by atomic mass is 10.2. The van der Waals surface area contributed by atoms with E-state index in [4.69, 9.17) is 4.74 Å². The Bertz CT molecular complexity index is 592. The van der Waals surface area contributed by atoms with Gasteiger partial charge in [-0.05, 0) is 32.0 Å². The minimum absolute atomic E-state index is 0.254. The Labute approximate surface area is 130 Å². The number of nitrogens with zero attached hydrogens (tertiary/aromatic N) is 3. The zero-order chi connectivity index (χ0) is 15.2. The van der Waals surface area contributed by atoms with Crippen molar-refractivity contribution in [1.82, 2.24) is 25.4 Å². The number of aromatic nitrogens is 3. The van der Waals surface area contributed by atoms with Crippen LogP contribution in [0.1, 0.15) is 24.6 Å². The molecule has 0 aliphatic carbocycles. The van der Waals surface area contributed by atoms with Gasteiger partial charge in [0.25, 0.3) is 0 Å². The number of rotatable bonds is 7. The predicted octanol–water partition coefficient (Wildman–Crippen LogP) is 1.33. The van der Waals surface area contributed by atoms with E-state index in [-0.39, 0.29) is 6.10 Å². The number of ether oxygens (including phenoxy) is 1. The normalized spacial score (nSPS) is 17.8. The quantitative estimate of drug-likeness (QED) is 0.808. The fourth-order valence-corrected chi connectivity index (χ4v) is 2.69. The number of aryl methyl sites for hydroxylation is 1. The topological polar surface area (TPSA) is 64.0 Å². The predicted molar refractivity (Wildman–Crippen MR) is 84.6 cm³/mol. The van der Waals surface area contributed by atoms with Crippen molar-refractivity contribution in [2.24, 2.45) is 0 Å². The molecule has 0 amide bonds. The van der Waals surface area contributed by atoms with E-state index in [0.717, 1.165) is 50.5 Å². The van der Waals surface area contributed by atoms with E-state index in [1.807, 2.05) is 35.4 Å². The summed E-state index contributed by atoms with van der Waals surface area (Å²) in [6.07, 6.45) is 6.77. The maximum atomic E-state index is 6.06. The highest BCUT2D eigenvalue weighted by Gasteiger charge is 2.17. The Kier molecular flexibility index (Phi) is 5.03. The van der Waals surface area contributed by atoms with E-state index >= 15 is 0 Å². The van der Waals surface area contributed by atoms with Crippen LogP contribution in [0.5, 0.6) is 5.75 Å². The van der Waals surface area contributed by atoms with Crippen LogP contribution >= 0.6 is 0 Å². The maximum absolute atomic E-state index is 6.06. The second kappa shape index (κ2) is 7.38. The molecular weight excluding hydrogens is 278 g/mol. The Balaban J connectivity index is 1.57. The van der Waals surface area contributed by atoms with E-state index in [1.54, 1.807) is 0 Å². The molecule has 0 aromatic carbocycles. The molecule has 0 unspecified atom stereocenters. The van der Waals surface area contributed by atoms with Crippen molar-refractivity contribution in [3.63, 3.8) is 0 Å². The first-order valence-electron chi connectivity index (χ1n) is 7.88. The molecule has 2 aromatic heterocycles. The minimum atomic E-state index is 0.254. The van der Waals surface area contributed by atoms with Crippen LogP contribution in [0.15, 0.2) is 30.7 Å². The van der Waals surface area contributed by atoms with Gasteiger partial charge in [0.05, 0.1) is 11.9 Å². The second-order valence-corrected chi connectivity index (χ2v) is 5.46. The molecular formula is C16H23N5O. The van der Waals surface area contributed by atoms with Gasteiger partial charge >= 0.3 is 0 Å². The van der Waals surface area contributed by atoms with Crippen LogP contribution < -0.4 is 15.4 Å². The highest BCUT2D eigenvalue weighted by molar-refractivity contribution is 5.30. The van der Waals surface area contributed by atoms with Crippen LogP contribution in [0.3, 0.4) is 0 Å². The average Bonchev–Trinajstić information content (AvgIpc) is 3.20. The Hall–Kier alpha value is -1.92. The third-order valence-corrected chi connectivity index (χ3v) is 3.90. The molecule has 2 aromatic rings. The van der Waals surface area contributed by atoms with Gasteiger partial charge in [-0.2, -0.15) is 5.10 Å². The van der Waals surface area contributed by atoms with Crippen LogP contribution in [-0.4, -0.2) is 34.0 Å². The molecule has 1 atom stereocenters. The van der Waals surface area contributed by atoms with E-state index in [1.165, 1.54) is 5.69 Å². The van der Waals surface area contributed by atoms with Crippen molar-refractivity contribution >= 4 is 0 Å². The minimum Gasteiger partial charge on any atom is -0.487 e. The summed E-state index contributed by atoms with van der Waals surface area (Å²) in [6, 6.07) is 4.06. The summed E-state index contributed by atoms with van der Waals surface area (Å²) < 4.78 is 8.06. The highest BCUT2D eigenvalue weighted by Crippen LogP contribution is 2.19. The molecule has 0 saturated carbocycles. The van der Waals surface area contributed by atoms with E-state index in [9.17, 15) is 0 Å². The second-order valence-electron chi connectivity index (χ2n) is 5.46. The summed E-state index contributed by atoms with van der Waals surface area (Å²) in [6.45, 7) is 6.48. The number of pyridine rings is 1. The standard InChI is InChI=1S/C16H23N5O/c1-2-21-14(4-8-20-21)10-19-9-13-3-6-18-12-16(13)22-15-5-7-17-11-15/h3-4,6,8,12,15,17,19H,2,5,7,9-11H2,1H3/t15-/m0/s1. The molecule has 0 bridgehead atoms. The summed E-state index contributed by atoms with van der Waals surface area (Å²) in [5.74, 6) is 0.882. The smallest absolute Gasteiger partial charge is 0.142 e. The third-order valence-electron chi connectivity index (χ3n) is 3.90. The molecule has 22 heavy (non-hydrogen) atoms. The largest absolute Gasteiger partial charge is 0.487 e. The van der Waals surface area contributed by atoms with Crippen molar-refractivity contribution in [3.05, 3.63) is 42.0 Å². The van der Waals surface area contributed by atoms with Gasteiger partial charge in [-0.15, -0.1) is 0 Å². The van der Waals surface area contributed by atoms with Crippen LogP contribution in [0, 0.1) is 0 Å². The molecule has 1 aliphatic heterocycles. The van der Waals surface area contributed by atoms with E-state index in [2.05, 4.69) is 27.6 Å². The molecule has 2 N–H and O–H groups in total. The fraction of sp³-hybridized carbons (Fsp3) is 0.500. The van der Waals surface area contributed by atoms with Gasteiger partial charge in [-0.25, -0.2) is 0 Å². The summed E-state index contributed by atoms with van der Waals surface area (Å²) in [7, 11) is 0. The lowest BCUT2D eigenvalue weighted by Gasteiger charge is -2.16. The van der Waals surface area contributed by atoms with Gasteiger partial charge in [0.1, 0.15) is 11.9 Å². The van der Waals surface area contributed by atoms with Gasteiger partial charge in [0, 0.05) is 44.1 Å². The molecule has 118 valence electrons. The Morgan fingerprint density at radius 2 is 2.32 bits per heavy atom. The van der Waals surface area contributed by atoms with Crippen LogP contribution in [0.2, 0.25) is 0 Å². The first-order chi connectivity index (χ1) is 10.9. The summed E-state index contributed by atoms with van der Waals surface area (Å²) >= 11 is 0. The first kappa shape index (κ1) is 15.0. The molecule has 3 heterocycles. The zero-order valence-corrected chi connectivity index (χ0v) is 13.0.